The van der Waals surface area contributed by atoms with E-state index in [9.17, 15) is 0 Å². The molecule has 7 heavy (non-hydrogen) atoms. The van der Waals surface area contributed by atoms with Crippen LogP contribution in [-0.4, -0.2) is 19.1 Å². The minimum atomic E-state index is 0.333. The van der Waals surface area contributed by atoms with Crippen molar-refractivity contribution >= 4 is 0 Å². The van der Waals surface area contributed by atoms with Crippen LogP contribution < -0.4 is 5.73 Å². The Morgan fingerprint density at radius 1 is 1.71 bits per heavy atom. The maximum absolute atomic E-state index is 5.28. The molecule has 0 aliphatic carbocycles. The van der Waals surface area contributed by atoms with E-state index in [1.165, 1.54) is 0 Å². The molecule has 1 rings (SSSR count). The van der Waals surface area contributed by atoms with Gasteiger partial charge in [-0.3, -0.25) is 0 Å². The molecule has 0 aromatic rings. The van der Waals surface area contributed by atoms with E-state index in [1.807, 2.05) is 0 Å². The lowest BCUT2D eigenvalue weighted by molar-refractivity contribution is 0.695. The molecule has 3 nitrogen and oxygen atoms in total. The van der Waals surface area contributed by atoms with Gasteiger partial charge in [-0.15, -0.1) is 0 Å². The van der Waals surface area contributed by atoms with Crippen LogP contribution in [0.25, 0.3) is 0 Å². The van der Waals surface area contributed by atoms with Gasteiger partial charge in [0, 0.05) is 6.54 Å². The van der Waals surface area contributed by atoms with Crippen molar-refractivity contribution in [2.75, 3.05) is 13.1 Å². The zero-order chi connectivity index (χ0) is 5.11. The second-order valence-corrected chi connectivity index (χ2v) is 1.66. The van der Waals surface area contributed by atoms with Crippen molar-refractivity contribution in [3.05, 3.63) is 0 Å². The first kappa shape index (κ1) is 4.71. The average Bonchev–Trinajstić information content (AvgIpc) is 2.14. The van der Waals surface area contributed by atoms with Crippen LogP contribution in [0.5, 0.6) is 0 Å². The second kappa shape index (κ2) is 2.02. The molecule has 0 spiro atoms. The fourth-order valence-electron chi connectivity index (χ4n) is 0.603. The topological polar surface area (TPSA) is 50.7 Å². The average molecular weight is 99.1 g/mol. The molecule has 0 saturated carbocycles. The summed E-state index contributed by atoms with van der Waals surface area (Å²) in [5, 5.41) is 7.63. The van der Waals surface area contributed by atoms with Crippen LogP contribution in [0.15, 0.2) is 10.2 Å². The number of nitrogens with zero attached hydrogens (tertiary/aromatic N) is 2. The summed E-state index contributed by atoms with van der Waals surface area (Å²) in [6, 6.07) is 0.333. The molecular formula is C4H9N3. The molecule has 1 aliphatic heterocycles. The van der Waals surface area contributed by atoms with Crippen LogP contribution in [0.3, 0.4) is 0 Å². The summed E-state index contributed by atoms with van der Waals surface area (Å²) in [5.74, 6) is 0. The standard InChI is InChI=1S/C4H9N3/c5-3-4-1-2-6-7-4/h4H,1-3,5H2. The Labute approximate surface area is 42.6 Å². The third-order valence-electron chi connectivity index (χ3n) is 1.08. The van der Waals surface area contributed by atoms with E-state index in [0.29, 0.717) is 12.6 Å². The van der Waals surface area contributed by atoms with Crippen molar-refractivity contribution in [3.8, 4) is 0 Å². The number of nitrogens with two attached hydrogens (primary N) is 1. The molecular weight excluding hydrogens is 90.1 g/mol. The Morgan fingerprint density at radius 2 is 2.57 bits per heavy atom. The summed E-state index contributed by atoms with van der Waals surface area (Å²) in [6.45, 7) is 1.53. The third kappa shape index (κ3) is 0.962. The molecule has 1 unspecified atom stereocenters. The lowest BCUT2D eigenvalue weighted by Crippen LogP contribution is -2.15. The molecule has 0 bridgehead atoms. The monoisotopic (exact) mass is 99.1 g/mol. The van der Waals surface area contributed by atoms with Crippen molar-refractivity contribution in [1.82, 2.24) is 0 Å². The maximum Gasteiger partial charge on any atom is 0.0848 e. The van der Waals surface area contributed by atoms with Gasteiger partial charge in [-0.2, -0.15) is 10.2 Å². The van der Waals surface area contributed by atoms with Gasteiger partial charge in [0.25, 0.3) is 0 Å². The first-order valence-corrected chi connectivity index (χ1v) is 2.50. The molecule has 0 saturated heterocycles. The SMILES string of the molecule is NCC1CCN=N1. The highest BCUT2D eigenvalue weighted by Gasteiger charge is 2.07. The van der Waals surface area contributed by atoms with Gasteiger partial charge in [0.1, 0.15) is 0 Å². The van der Waals surface area contributed by atoms with Crippen molar-refractivity contribution < 1.29 is 0 Å². The smallest absolute Gasteiger partial charge is 0.0848 e. The zero-order valence-corrected chi connectivity index (χ0v) is 4.17. The molecule has 40 valence electrons. The van der Waals surface area contributed by atoms with Crippen LogP contribution in [0.4, 0.5) is 0 Å². The molecule has 3 heteroatoms. The van der Waals surface area contributed by atoms with Gasteiger partial charge in [-0.25, -0.2) is 0 Å². The summed E-state index contributed by atoms with van der Waals surface area (Å²) in [4.78, 5) is 0. The highest BCUT2D eigenvalue weighted by atomic mass is 15.2. The molecule has 1 aliphatic rings. The molecule has 0 aromatic heterocycles. The highest BCUT2D eigenvalue weighted by Crippen LogP contribution is 2.04. The molecule has 0 aromatic carbocycles. The first-order chi connectivity index (χ1) is 3.43. The van der Waals surface area contributed by atoms with E-state index in [1.54, 1.807) is 0 Å². The summed E-state index contributed by atoms with van der Waals surface area (Å²) in [6.07, 6.45) is 1.05. The summed E-state index contributed by atoms with van der Waals surface area (Å²) < 4.78 is 0. The first-order valence-electron chi connectivity index (χ1n) is 2.50. The normalized spacial score (nSPS) is 29.0. The van der Waals surface area contributed by atoms with Crippen molar-refractivity contribution in [1.29, 1.82) is 0 Å². The number of azo groups is 1. The van der Waals surface area contributed by atoms with Crippen molar-refractivity contribution in [2.24, 2.45) is 16.0 Å². The van der Waals surface area contributed by atoms with Crippen molar-refractivity contribution in [2.45, 2.75) is 12.5 Å². The van der Waals surface area contributed by atoms with E-state index < -0.39 is 0 Å². The maximum atomic E-state index is 5.28. The van der Waals surface area contributed by atoms with Gasteiger partial charge in [0.05, 0.1) is 12.6 Å². The number of hydrogen-bond donors (Lipinski definition) is 1. The van der Waals surface area contributed by atoms with Gasteiger partial charge >= 0.3 is 0 Å². The molecule has 1 heterocycles. The summed E-state index contributed by atoms with van der Waals surface area (Å²) >= 11 is 0. The second-order valence-electron chi connectivity index (χ2n) is 1.66. The number of hydrogen-bond acceptors (Lipinski definition) is 3. The van der Waals surface area contributed by atoms with Crippen LogP contribution in [0, 0.1) is 0 Å². The predicted molar refractivity (Wildman–Crippen MR) is 27.2 cm³/mol. The van der Waals surface area contributed by atoms with E-state index >= 15 is 0 Å². The minimum absolute atomic E-state index is 0.333. The zero-order valence-electron chi connectivity index (χ0n) is 4.17. The molecule has 0 radical (unpaired) electrons. The Kier molecular flexibility index (Phi) is 1.36. The number of rotatable bonds is 1. The fraction of sp³-hybridized carbons (Fsp3) is 1.00. The van der Waals surface area contributed by atoms with Gasteiger partial charge in [0.15, 0.2) is 0 Å². The van der Waals surface area contributed by atoms with E-state index in [0.717, 1.165) is 13.0 Å². The molecule has 0 amide bonds. The minimum Gasteiger partial charge on any atom is -0.328 e. The Morgan fingerprint density at radius 3 is 2.86 bits per heavy atom. The lowest BCUT2D eigenvalue weighted by atomic mass is 10.2. The van der Waals surface area contributed by atoms with Gasteiger partial charge in [-0.1, -0.05) is 0 Å². The molecule has 0 fully saturated rings. The quantitative estimate of drug-likeness (QED) is 0.500. The van der Waals surface area contributed by atoms with Crippen molar-refractivity contribution in [3.63, 3.8) is 0 Å². The van der Waals surface area contributed by atoms with Gasteiger partial charge in [-0.05, 0) is 6.42 Å². The van der Waals surface area contributed by atoms with Crippen LogP contribution in [-0.2, 0) is 0 Å². The third-order valence-corrected chi connectivity index (χ3v) is 1.08. The lowest BCUT2D eigenvalue weighted by Gasteiger charge is -1.94. The Balaban J connectivity index is 2.28. The summed E-state index contributed by atoms with van der Waals surface area (Å²) in [7, 11) is 0. The van der Waals surface area contributed by atoms with E-state index in [-0.39, 0.29) is 0 Å². The molecule has 1 atom stereocenters. The highest BCUT2D eigenvalue weighted by molar-refractivity contribution is 4.70. The van der Waals surface area contributed by atoms with Crippen LogP contribution in [0.2, 0.25) is 0 Å². The van der Waals surface area contributed by atoms with Crippen LogP contribution >= 0.6 is 0 Å². The van der Waals surface area contributed by atoms with Gasteiger partial charge < -0.3 is 5.73 Å². The Bertz CT molecular complexity index is 79.0. The van der Waals surface area contributed by atoms with Crippen LogP contribution in [0.1, 0.15) is 6.42 Å². The van der Waals surface area contributed by atoms with E-state index in [2.05, 4.69) is 10.2 Å². The Hall–Kier alpha value is -0.440. The predicted octanol–water partition coefficient (Wildman–Crippen LogP) is 0.170. The van der Waals surface area contributed by atoms with Gasteiger partial charge in [0.2, 0.25) is 0 Å². The fourth-order valence-corrected chi connectivity index (χ4v) is 0.603. The largest absolute Gasteiger partial charge is 0.328 e. The molecule has 2 N–H and O–H groups in total. The summed E-state index contributed by atoms with van der Waals surface area (Å²) in [5.41, 5.74) is 5.28. The van der Waals surface area contributed by atoms with E-state index in [4.69, 9.17) is 5.73 Å².